The van der Waals surface area contributed by atoms with E-state index in [-0.39, 0.29) is 24.4 Å². The molecule has 2 heterocycles. The van der Waals surface area contributed by atoms with E-state index < -0.39 is 0 Å². The predicted octanol–water partition coefficient (Wildman–Crippen LogP) is 3.86. The minimum atomic E-state index is 0. The number of rotatable bonds is 7. The number of carbonyl (C=O) groups is 1. The molecule has 1 aliphatic rings. The highest BCUT2D eigenvalue weighted by Gasteiger charge is 2.25. The van der Waals surface area contributed by atoms with Crippen LogP contribution in [0, 0.1) is 5.92 Å². The van der Waals surface area contributed by atoms with E-state index in [4.69, 9.17) is 0 Å². The maximum Gasteiger partial charge on any atom is 0.222 e. The van der Waals surface area contributed by atoms with E-state index in [2.05, 4.69) is 42.0 Å². The van der Waals surface area contributed by atoms with Gasteiger partial charge in [0.2, 0.25) is 5.91 Å². The third-order valence-electron chi connectivity index (χ3n) is 4.12. The molecule has 1 saturated heterocycles. The standard InChI is InChI=1S/C16H26N2OS2.ClH/c1-3-12(4-2)16(14-6-5-8-21-14)18-15(19)10-13-11-20-9-7-17-13;/h5-6,8,12-13,16-17H,3-4,7,9-11H2,1-2H3,(H,18,19);1H. The van der Waals surface area contributed by atoms with E-state index in [0.717, 1.165) is 30.9 Å². The molecule has 22 heavy (non-hydrogen) atoms. The van der Waals surface area contributed by atoms with Gasteiger partial charge < -0.3 is 10.6 Å². The van der Waals surface area contributed by atoms with E-state index in [1.54, 1.807) is 11.3 Å². The van der Waals surface area contributed by atoms with Crippen LogP contribution in [0.15, 0.2) is 17.5 Å². The van der Waals surface area contributed by atoms with E-state index in [0.29, 0.717) is 18.4 Å². The van der Waals surface area contributed by atoms with Crippen LogP contribution in [0.2, 0.25) is 0 Å². The number of nitrogens with one attached hydrogen (secondary N) is 2. The molecule has 1 aliphatic heterocycles. The topological polar surface area (TPSA) is 41.1 Å². The van der Waals surface area contributed by atoms with Crippen molar-refractivity contribution in [3.8, 4) is 0 Å². The number of amides is 1. The van der Waals surface area contributed by atoms with Gasteiger partial charge in [-0.15, -0.1) is 23.7 Å². The summed E-state index contributed by atoms with van der Waals surface area (Å²) in [5.74, 6) is 2.90. The Balaban J connectivity index is 0.00000242. The van der Waals surface area contributed by atoms with Crippen LogP contribution in [0.3, 0.4) is 0 Å². The molecule has 0 radical (unpaired) electrons. The molecule has 1 amide bonds. The van der Waals surface area contributed by atoms with Gasteiger partial charge in [0.05, 0.1) is 6.04 Å². The van der Waals surface area contributed by atoms with Crippen LogP contribution in [-0.2, 0) is 4.79 Å². The normalized spacial score (nSPS) is 19.5. The molecule has 1 aromatic rings. The second-order valence-electron chi connectivity index (χ2n) is 5.57. The Morgan fingerprint density at radius 2 is 2.23 bits per heavy atom. The lowest BCUT2D eigenvalue weighted by Gasteiger charge is -2.28. The summed E-state index contributed by atoms with van der Waals surface area (Å²) in [4.78, 5) is 13.7. The SMILES string of the molecule is CCC(CC)C(NC(=O)CC1CSCCN1)c1cccs1.Cl. The van der Waals surface area contributed by atoms with Crippen LogP contribution < -0.4 is 10.6 Å². The third-order valence-corrected chi connectivity index (χ3v) is 6.20. The van der Waals surface area contributed by atoms with Gasteiger partial charge in [0.1, 0.15) is 0 Å². The minimum Gasteiger partial charge on any atom is -0.348 e. The smallest absolute Gasteiger partial charge is 0.222 e. The molecule has 0 spiro atoms. The highest BCUT2D eigenvalue weighted by molar-refractivity contribution is 7.99. The highest BCUT2D eigenvalue weighted by atomic mass is 35.5. The Hall–Kier alpha value is -0.230. The minimum absolute atomic E-state index is 0. The van der Waals surface area contributed by atoms with Crippen molar-refractivity contribution in [2.75, 3.05) is 18.1 Å². The second kappa shape index (κ2) is 10.5. The lowest BCUT2D eigenvalue weighted by atomic mass is 9.92. The molecule has 1 aromatic heterocycles. The summed E-state index contributed by atoms with van der Waals surface area (Å²) >= 11 is 3.68. The van der Waals surface area contributed by atoms with Crippen LogP contribution in [-0.4, -0.2) is 30.0 Å². The van der Waals surface area contributed by atoms with E-state index in [9.17, 15) is 4.79 Å². The predicted molar refractivity (Wildman–Crippen MR) is 100 cm³/mol. The van der Waals surface area contributed by atoms with Crippen LogP contribution in [0.1, 0.15) is 44.0 Å². The average Bonchev–Trinajstić information content (AvgIpc) is 3.02. The number of halogens is 1. The summed E-state index contributed by atoms with van der Waals surface area (Å²) in [6.45, 7) is 5.43. The van der Waals surface area contributed by atoms with Gasteiger partial charge in [0.15, 0.2) is 0 Å². The van der Waals surface area contributed by atoms with Gasteiger partial charge in [0.25, 0.3) is 0 Å². The first-order chi connectivity index (χ1) is 10.2. The first kappa shape index (κ1) is 19.8. The van der Waals surface area contributed by atoms with Crippen molar-refractivity contribution in [2.45, 2.75) is 45.2 Å². The fourth-order valence-electron chi connectivity index (χ4n) is 2.86. The van der Waals surface area contributed by atoms with Crippen LogP contribution in [0.25, 0.3) is 0 Å². The lowest BCUT2D eigenvalue weighted by molar-refractivity contribution is -0.122. The summed E-state index contributed by atoms with van der Waals surface area (Å²) in [6.07, 6.45) is 2.78. The molecule has 2 N–H and O–H groups in total. The van der Waals surface area contributed by atoms with Gasteiger partial charge in [0, 0.05) is 35.4 Å². The van der Waals surface area contributed by atoms with Crippen molar-refractivity contribution in [1.29, 1.82) is 0 Å². The van der Waals surface area contributed by atoms with Gasteiger partial charge in [-0.05, 0) is 17.4 Å². The molecule has 2 rings (SSSR count). The van der Waals surface area contributed by atoms with Crippen LogP contribution in [0.5, 0.6) is 0 Å². The molecule has 0 bridgehead atoms. The first-order valence-corrected chi connectivity index (χ1v) is 9.91. The highest BCUT2D eigenvalue weighted by Crippen LogP contribution is 2.30. The average molecular weight is 363 g/mol. The number of hydrogen-bond donors (Lipinski definition) is 2. The van der Waals surface area contributed by atoms with Crippen molar-refractivity contribution >= 4 is 41.4 Å². The zero-order valence-electron chi connectivity index (χ0n) is 13.3. The van der Waals surface area contributed by atoms with Crippen LogP contribution in [0.4, 0.5) is 0 Å². The fourth-order valence-corrected chi connectivity index (χ4v) is 4.68. The van der Waals surface area contributed by atoms with Gasteiger partial charge in [-0.25, -0.2) is 0 Å². The molecule has 2 atom stereocenters. The Morgan fingerprint density at radius 1 is 1.45 bits per heavy atom. The second-order valence-corrected chi connectivity index (χ2v) is 7.70. The van der Waals surface area contributed by atoms with Gasteiger partial charge in [-0.2, -0.15) is 11.8 Å². The van der Waals surface area contributed by atoms with Gasteiger partial charge >= 0.3 is 0 Å². The Morgan fingerprint density at radius 3 is 2.77 bits per heavy atom. The van der Waals surface area contributed by atoms with Crippen molar-refractivity contribution in [2.24, 2.45) is 5.92 Å². The Bertz CT molecular complexity index is 418. The molecular weight excluding hydrogens is 336 g/mol. The molecule has 2 unspecified atom stereocenters. The van der Waals surface area contributed by atoms with Crippen molar-refractivity contribution in [1.82, 2.24) is 10.6 Å². The van der Waals surface area contributed by atoms with Gasteiger partial charge in [-0.1, -0.05) is 32.8 Å². The quantitative estimate of drug-likeness (QED) is 0.773. The van der Waals surface area contributed by atoms with Crippen LogP contribution >= 0.6 is 35.5 Å². The zero-order valence-corrected chi connectivity index (χ0v) is 15.8. The summed E-state index contributed by atoms with van der Waals surface area (Å²) in [5.41, 5.74) is 0. The Labute approximate surface area is 148 Å². The number of thiophene rings is 1. The molecular formula is C16H27ClN2OS2. The number of carbonyl (C=O) groups excluding carboxylic acids is 1. The van der Waals surface area contributed by atoms with E-state index in [1.165, 1.54) is 4.88 Å². The summed E-state index contributed by atoms with van der Waals surface area (Å²) in [7, 11) is 0. The molecule has 6 heteroatoms. The third kappa shape index (κ3) is 5.76. The van der Waals surface area contributed by atoms with Crippen molar-refractivity contribution in [3.63, 3.8) is 0 Å². The summed E-state index contributed by atoms with van der Waals surface area (Å²) in [5, 5.41) is 8.82. The zero-order chi connectivity index (χ0) is 15.1. The van der Waals surface area contributed by atoms with Gasteiger partial charge in [-0.3, -0.25) is 4.79 Å². The van der Waals surface area contributed by atoms with E-state index >= 15 is 0 Å². The maximum atomic E-state index is 12.4. The molecule has 126 valence electrons. The van der Waals surface area contributed by atoms with Crippen molar-refractivity contribution < 1.29 is 4.79 Å². The number of hydrogen-bond acceptors (Lipinski definition) is 4. The largest absolute Gasteiger partial charge is 0.348 e. The first-order valence-electron chi connectivity index (χ1n) is 7.88. The molecule has 3 nitrogen and oxygen atoms in total. The molecule has 0 aliphatic carbocycles. The monoisotopic (exact) mass is 362 g/mol. The lowest BCUT2D eigenvalue weighted by Crippen LogP contribution is -2.42. The maximum absolute atomic E-state index is 12.4. The van der Waals surface area contributed by atoms with E-state index in [1.807, 2.05) is 11.8 Å². The van der Waals surface area contributed by atoms with Crippen molar-refractivity contribution in [3.05, 3.63) is 22.4 Å². The summed E-state index contributed by atoms with van der Waals surface area (Å²) < 4.78 is 0. The molecule has 0 aromatic carbocycles. The number of thioether (sulfide) groups is 1. The fraction of sp³-hybridized carbons (Fsp3) is 0.688. The summed E-state index contributed by atoms with van der Waals surface area (Å²) in [6, 6.07) is 4.71. The molecule has 1 fully saturated rings. The Kier molecular flexibility index (Phi) is 9.48. The molecule has 0 saturated carbocycles.